The third kappa shape index (κ3) is 2.72. The molecule has 14 heavy (non-hydrogen) atoms. The minimum Gasteiger partial charge on any atom is -0.465 e. The predicted molar refractivity (Wildman–Crippen MR) is 56.8 cm³/mol. The molecule has 78 valence electrons. The number of carbonyl (C=O) groups is 1. The van der Waals surface area contributed by atoms with Gasteiger partial charge in [0.15, 0.2) is 0 Å². The maximum Gasteiger partial charge on any atom is 0.313 e. The topological polar surface area (TPSA) is 26.3 Å². The van der Waals surface area contributed by atoms with Crippen molar-refractivity contribution in [1.82, 2.24) is 0 Å². The molecule has 0 N–H and O–H groups in total. The number of hydrogen-bond donors (Lipinski definition) is 0. The fourth-order valence-electron chi connectivity index (χ4n) is 1.54. The van der Waals surface area contributed by atoms with Crippen molar-refractivity contribution in [3.8, 4) is 0 Å². The average Bonchev–Trinajstić information content (AvgIpc) is 2.53. The SMILES string of the molecule is CC/C=C/[C@@H]1C(=O)OC[C@@H]1/C=C/CC. The molecule has 0 aromatic heterocycles. The van der Waals surface area contributed by atoms with Crippen LogP contribution >= 0.6 is 0 Å². The van der Waals surface area contributed by atoms with Crippen LogP contribution in [0.4, 0.5) is 0 Å². The Labute approximate surface area is 85.6 Å². The molecule has 1 rings (SSSR count). The predicted octanol–water partition coefficient (Wildman–Crippen LogP) is 2.71. The van der Waals surface area contributed by atoms with Crippen LogP contribution in [0.15, 0.2) is 24.3 Å². The van der Waals surface area contributed by atoms with Gasteiger partial charge >= 0.3 is 5.97 Å². The first-order valence-electron chi connectivity index (χ1n) is 5.29. The van der Waals surface area contributed by atoms with Gasteiger partial charge in [0.1, 0.15) is 0 Å². The van der Waals surface area contributed by atoms with Gasteiger partial charge < -0.3 is 4.74 Å². The molecule has 0 spiro atoms. The summed E-state index contributed by atoms with van der Waals surface area (Å²) in [7, 11) is 0. The van der Waals surface area contributed by atoms with E-state index in [0.29, 0.717) is 6.61 Å². The quantitative estimate of drug-likeness (QED) is 0.508. The molecule has 1 aliphatic heterocycles. The zero-order valence-electron chi connectivity index (χ0n) is 8.90. The molecule has 0 amide bonds. The minimum absolute atomic E-state index is 0.0576. The van der Waals surface area contributed by atoms with E-state index in [-0.39, 0.29) is 17.8 Å². The Morgan fingerprint density at radius 1 is 1.29 bits per heavy atom. The molecule has 1 fully saturated rings. The van der Waals surface area contributed by atoms with E-state index in [2.05, 4.69) is 26.0 Å². The van der Waals surface area contributed by atoms with Crippen LogP contribution in [-0.4, -0.2) is 12.6 Å². The number of ether oxygens (including phenoxy) is 1. The highest BCUT2D eigenvalue weighted by Gasteiger charge is 2.32. The lowest BCUT2D eigenvalue weighted by atomic mass is 9.94. The summed E-state index contributed by atoms with van der Waals surface area (Å²) in [5, 5.41) is 0. The summed E-state index contributed by atoms with van der Waals surface area (Å²) in [6.45, 7) is 4.69. The van der Waals surface area contributed by atoms with Gasteiger partial charge in [-0.2, -0.15) is 0 Å². The van der Waals surface area contributed by atoms with Gasteiger partial charge in [0.25, 0.3) is 0 Å². The van der Waals surface area contributed by atoms with E-state index in [0.717, 1.165) is 12.8 Å². The summed E-state index contributed by atoms with van der Waals surface area (Å²) >= 11 is 0. The summed E-state index contributed by atoms with van der Waals surface area (Å²) in [6, 6.07) is 0. The maximum absolute atomic E-state index is 11.3. The number of esters is 1. The lowest BCUT2D eigenvalue weighted by Gasteiger charge is -2.05. The summed E-state index contributed by atoms with van der Waals surface area (Å²) in [5.74, 6) is 0.100. The second kappa shape index (κ2) is 5.63. The Morgan fingerprint density at radius 2 is 1.93 bits per heavy atom. The standard InChI is InChI=1S/C12H18O2/c1-3-5-7-10-9-14-12(13)11(10)8-6-4-2/h5-8,10-11H,3-4,9H2,1-2H3/b7-5+,8-6+/t10-,11-/m0/s1. The van der Waals surface area contributed by atoms with Gasteiger partial charge in [0.05, 0.1) is 12.5 Å². The number of allylic oxidation sites excluding steroid dienone is 2. The van der Waals surface area contributed by atoms with Crippen LogP contribution < -0.4 is 0 Å². The lowest BCUT2D eigenvalue weighted by molar-refractivity contribution is -0.140. The van der Waals surface area contributed by atoms with E-state index in [4.69, 9.17) is 4.74 Å². The molecule has 0 aliphatic carbocycles. The monoisotopic (exact) mass is 194 g/mol. The Hall–Kier alpha value is -1.05. The highest BCUT2D eigenvalue weighted by molar-refractivity contribution is 5.77. The van der Waals surface area contributed by atoms with E-state index >= 15 is 0 Å². The van der Waals surface area contributed by atoms with Gasteiger partial charge in [0, 0.05) is 5.92 Å². The molecule has 0 bridgehead atoms. The first kappa shape index (κ1) is 11.0. The number of carbonyl (C=O) groups excluding carboxylic acids is 1. The Balaban J connectivity index is 2.61. The van der Waals surface area contributed by atoms with Gasteiger partial charge in [0.2, 0.25) is 0 Å². The molecular formula is C12H18O2. The first-order chi connectivity index (χ1) is 6.79. The molecule has 1 saturated heterocycles. The van der Waals surface area contributed by atoms with E-state index in [1.54, 1.807) is 0 Å². The van der Waals surface area contributed by atoms with Crippen LogP contribution in [0.5, 0.6) is 0 Å². The number of cyclic esters (lactones) is 1. The Kier molecular flexibility index (Phi) is 4.44. The summed E-state index contributed by atoms with van der Waals surface area (Å²) in [6.07, 6.45) is 10.2. The summed E-state index contributed by atoms with van der Waals surface area (Å²) in [4.78, 5) is 11.3. The van der Waals surface area contributed by atoms with Crippen LogP contribution in [0.3, 0.4) is 0 Å². The molecule has 1 aliphatic rings. The zero-order chi connectivity index (χ0) is 10.4. The van der Waals surface area contributed by atoms with Crippen molar-refractivity contribution in [2.45, 2.75) is 26.7 Å². The van der Waals surface area contributed by atoms with E-state index < -0.39 is 0 Å². The second-order valence-electron chi connectivity index (χ2n) is 3.49. The van der Waals surface area contributed by atoms with Crippen LogP contribution in [-0.2, 0) is 9.53 Å². The van der Waals surface area contributed by atoms with Crippen LogP contribution in [0.25, 0.3) is 0 Å². The van der Waals surface area contributed by atoms with Crippen molar-refractivity contribution in [1.29, 1.82) is 0 Å². The normalized spacial score (nSPS) is 27.7. The van der Waals surface area contributed by atoms with Gasteiger partial charge in [-0.05, 0) is 12.8 Å². The number of rotatable bonds is 4. The second-order valence-corrected chi connectivity index (χ2v) is 3.49. The Bertz CT molecular complexity index is 241. The van der Waals surface area contributed by atoms with Gasteiger partial charge in [-0.1, -0.05) is 38.2 Å². The van der Waals surface area contributed by atoms with Crippen molar-refractivity contribution in [2.75, 3.05) is 6.61 Å². The van der Waals surface area contributed by atoms with E-state index in [9.17, 15) is 4.79 Å². The zero-order valence-corrected chi connectivity index (χ0v) is 8.90. The smallest absolute Gasteiger partial charge is 0.313 e. The molecule has 2 nitrogen and oxygen atoms in total. The average molecular weight is 194 g/mol. The van der Waals surface area contributed by atoms with Crippen molar-refractivity contribution >= 4 is 5.97 Å². The molecule has 0 aromatic rings. The highest BCUT2D eigenvalue weighted by Crippen LogP contribution is 2.24. The van der Waals surface area contributed by atoms with E-state index in [1.807, 2.05) is 12.2 Å². The van der Waals surface area contributed by atoms with Crippen LogP contribution in [0, 0.1) is 11.8 Å². The minimum atomic E-state index is -0.0829. The molecule has 1 heterocycles. The van der Waals surface area contributed by atoms with Crippen LogP contribution in [0.1, 0.15) is 26.7 Å². The largest absolute Gasteiger partial charge is 0.465 e. The molecule has 0 aromatic carbocycles. The fraction of sp³-hybridized carbons (Fsp3) is 0.583. The summed E-state index contributed by atoms with van der Waals surface area (Å²) < 4.78 is 5.03. The van der Waals surface area contributed by atoms with Gasteiger partial charge in [-0.25, -0.2) is 0 Å². The molecule has 2 atom stereocenters. The van der Waals surface area contributed by atoms with Crippen LogP contribution in [0.2, 0.25) is 0 Å². The molecular weight excluding hydrogens is 176 g/mol. The first-order valence-corrected chi connectivity index (χ1v) is 5.29. The van der Waals surface area contributed by atoms with Crippen molar-refractivity contribution in [3.05, 3.63) is 24.3 Å². The van der Waals surface area contributed by atoms with Crippen molar-refractivity contribution < 1.29 is 9.53 Å². The van der Waals surface area contributed by atoms with Gasteiger partial charge in [-0.15, -0.1) is 0 Å². The maximum atomic E-state index is 11.3. The molecule has 0 saturated carbocycles. The van der Waals surface area contributed by atoms with Gasteiger partial charge in [-0.3, -0.25) is 4.79 Å². The Morgan fingerprint density at radius 3 is 2.57 bits per heavy atom. The highest BCUT2D eigenvalue weighted by atomic mass is 16.5. The molecule has 2 heteroatoms. The fourth-order valence-corrected chi connectivity index (χ4v) is 1.54. The van der Waals surface area contributed by atoms with Crippen molar-refractivity contribution in [3.63, 3.8) is 0 Å². The van der Waals surface area contributed by atoms with E-state index in [1.165, 1.54) is 0 Å². The third-order valence-corrected chi connectivity index (χ3v) is 2.35. The number of hydrogen-bond acceptors (Lipinski definition) is 2. The van der Waals surface area contributed by atoms with Crippen molar-refractivity contribution in [2.24, 2.45) is 11.8 Å². The lowest BCUT2D eigenvalue weighted by Crippen LogP contribution is -2.11. The molecule has 0 unspecified atom stereocenters. The summed E-state index contributed by atoms with van der Waals surface area (Å²) in [5.41, 5.74) is 0. The third-order valence-electron chi connectivity index (χ3n) is 2.35. The molecule has 0 radical (unpaired) electrons.